The molecule has 3 heterocycles. The predicted molar refractivity (Wildman–Crippen MR) is 97.6 cm³/mol. The lowest BCUT2D eigenvalue weighted by Gasteiger charge is -2.30. The van der Waals surface area contributed by atoms with Crippen molar-refractivity contribution in [1.82, 2.24) is 19.2 Å². The third-order valence-electron chi connectivity index (χ3n) is 4.88. The Balaban J connectivity index is 1.90. The lowest BCUT2D eigenvalue weighted by atomic mass is 10.1. The van der Waals surface area contributed by atoms with E-state index in [1.54, 1.807) is 4.90 Å². The van der Waals surface area contributed by atoms with Crippen LogP contribution in [-0.4, -0.2) is 63.0 Å². The lowest BCUT2D eigenvalue weighted by molar-refractivity contribution is 0.0653. The van der Waals surface area contributed by atoms with Gasteiger partial charge in [0, 0.05) is 32.9 Å². The minimum absolute atomic E-state index is 0.0234. The smallest absolute Gasteiger partial charge is 0.274 e. The van der Waals surface area contributed by atoms with Crippen molar-refractivity contribution in [3.63, 3.8) is 0 Å². The summed E-state index contributed by atoms with van der Waals surface area (Å²) in [5.41, 5.74) is 2.24. The van der Waals surface area contributed by atoms with Crippen LogP contribution < -0.4 is 0 Å². The van der Waals surface area contributed by atoms with E-state index in [2.05, 4.69) is 16.8 Å². The second-order valence-electron chi connectivity index (χ2n) is 6.95. The number of pyridine rings is 1. The van der Waals surface area contributed by atoms with Crippen LogP contribution in [0.5, 0.6) is 0 Å². The lowest BCUT2D eigenvalue weighted by Crippen LogP contribution is -2.38. The Morgan fingerprint density at radius 3 is 3.04 bits per heavy atom. The summed E-state index contributed by atoms with van der Waals surface area (Å²) in [6.45, 7) is 5.09. The second kappa shape index (κ2) is 7.97. The van der Waals surface area contributed by atoms with Crippen LogP contribution in [0.25, 0.3) is 5.65 Å². The molecule has 3 rings (SSSR count). The molecule has 2 aromatic heterocycles. The van der Waals surface area contributed by atoms with Crippen molar-refractivity contribution in [2.45, 2.75) is 45.3 Å². The summed E-state index contributed by atoms with van der Waals surface area (Å²) in [5, 5.41) is 9.95. The molecule has 25 heavy (non-hydrogen) atoms. The second-order valence-corrected chi connectivity index (χ2v) is 6.95. The Bertz CT molecular complexity index is 727. The maximum atomic E-state index is 12.9. The van der Waals surface area contributed by atoms with Gasteiger partial charge in [0.15, 0.2) is 5.69 Å². The highest BCUT2D eigenvalue weighted by Crippen LogP contribution is 2.19. The molecule has 1 aliphatic heterocycles. The first-order chi connectivity index (χ1) is 12.1. The molecule has 1 unspecified atom stereocenters. The summed E-state index contributed by atoms with van der Waals surface area (Å²) in [5.74, 6) is -0.0234. The molecule has 0 spiro atoms. The fraction of sp³-hybridized carbons (Fsp3) is 0.579. The molecule has 0 radical (unpaired) electrons. The van der Waals surface area contributed by atoms with Crippen LogP contribution in [0.4, 0.5) is 0 Å². The maximum absolute atomic E-state index is 12.9. The number of β-amino-alcohol motifs (C(OH)–C–C–N with tert-alkyl or cyclic N) is 1. The van der Waals surface area contributed by atoms with Gasteiger partial charge in [-0.3, -0.25) is 9.69 Å². The van der Waals surface area contributed by atoms with Crippen LogP contribution in [0.2, 0.25) is 0 Å². The summed E-state index contributed by atoms with van der Waals surface area (Å²) in [6.07, 6.45) is 5.57. The van der Waals surface area contributed by atoms with Gasteiger partial charge in [0.2, 0.25) is 0 Å². The molecule has 6 heteroatoms. The maximum Gasteiger partial charge on any atom is 0.274 e. The summed E-state index contributed by atoms with van der Waals surface area (Å²) < 4.78 is 2.00. The zero-order valence-electron chi connectivity index (χ0n) is 15.2. The number of rotatable bonds is 6. The number of likely N-dealkylation sites (tertiary alicyclic amines) is 1. The predicted octanol–water partition coefficient (Wildman–Crippen LogP) is 2.16. The summed E-state index contributed by atoms with van der Waals surface area (Å²) in [6, 6.07) is 5.82. The molecule has 1 atom stereocenters. The van der Waals surface area contributed by atoms with Crippen LogP contribution in [0.15, 0.2) is 24.4 Å². The normalized spacial score (nSPS) is 18.6. The fourth-order valence-corrected chi connectivity index (χ4v) is 3.43. The number of unbranched alkanes of at least 4 members (excludes halogenated alkanes) is 1. The molecule has 1 saturated heterocycles. The van der Waals surface area contributed by atoms with E-state index < -0.39 is 0 Å². The Kier molecular flexibility index (Phi) is 5.71. The van der Waals surface area contributed by atoms with Gasteiger partial charge in [-0.05, 0) is 37.9 Å². The minimum Gasteiger partial charge on any atom is -0.392 e. The highest BCUT2D eigenvalue weighted by molar-refractivity contribution is 5.94. The number of fused-ring (bicyclic) bond motifs is 1. The first-order valence-electron chi connectivity index (χ1n) is 9.22. The summed E-state index contributed by atoms with van der Waals surface area (Å²) in [4.78, 5) is 21.5. The number of aliphatic hydroxyl groups is 1. The van der Waals surface area contributed by atoms with Crippen molar-refractivity contribution < 1.29 is 9.90 Å². The van der Waals surface area contributed by atoms with E-state index in [9.17, 15) is 9.90 Å². The molecular formula is C19H28N4O2. The van der Waals surface area contributed by atoms with Crippen molar-refractivity contribution >= 4 is 11.6 Å². The Morgan fingerprint density at radius 1 is 1.44 bits per heavy atom. The third kappa shape index (κ3) is 4.02. The topological polar surface area (TPSA) is 61.1 Å². The molecule has 1 fully saturated rings. The van der Waals surface area contributed by atoms with Gasteiger partial charge in [-0.25, -0.2) is 4.98 Å². The molecule has 6 nitrogen and oxygen atoms in total. The Labute approximate surface area is 149 Å². The number of aromatic nitrogens is 2. The van der Waals surface area contributed by atoms with E-state index in [-0.39, 0.29) is 12.0 Å². The third-order valence-corrected chi connectivity index (χ3v) is 4.88. The molecule has 0 saturated carbocycles. The van der Waals surface area contributed by atoms with E-state index in [4.69, 9.17) is 0 Å². The number of hydrogen-bond donors (Lipinski definition) is 1. The quantitative estimate of drug-likeness (QED) is 0.872. The van der Waals surface area contributed by atoms with Gasteiger partial charge >= 0.3 is 0 Å². The number of imidazole rings is 1. The number of aliphatic hydroxyl groups excluding tert-OH is 1. The van der Waals surface area contributed by atoms with E-state index in [0.29, 0.717) is 18.8 Å². The number of carbonyl (C=O) groups excluding carboxylic acids is 1. The van der Waals surface area contributed by atoms with E-state index in [0.717, 1.165) is 50.1 Å². The van der Waals surface area contributed by atoms with Gasteiger partial charge in [-0.2, -0.15) is 0 Å². The first-order valence-corrected chi connectivity index (χ1v) is 9.22. The van der Waals surface area contributed by atoms with Crippen LogP contribution in [0.1, 0.15) is 48.8 Å². The van der Waals surface area contributed by atoms with Gasteiger partial charge < -0.3 is 14.4 Å². The largest absolute Gasteiger partial charge is 0.392 e. The molecule has 2 aromatic rings. The van der Waals surface area contributed by atoms with E-state index >= 15 is 0 Å². The Hall–Kier alpha value is -1.92. The summed E-state index contributed by atoms with van der Waals surface area (Å²) >= 11 is 0. The van der Waals surface area contributed by atoms with Crippen molar-refractivity contribution in [3.8, 4) is 0 Å². The number of hydrogen-bond acceptors (Lipinski definition) is 4. The van der Waals surface area contributed by atoms with Gasteiger partial charge in [0.05, 0.1) is 11.8 Å². The zero-order chi connectivity index (χ0) is 17.8. The number of nitrogens with zero attached hydrogens (tertiary/aromatic N) is 4. The molecule has 0 aliphatic carbocycles. The van der Waals surface area contributed by atoms with Crippen LogP contribution in [0, 0.1) is 0 Å². The fourth-order valence-electron chi connectivity index (χ4n) is 3.43. The van der Waals surface area contributed by atoms with Crippen LogP contribution >= 0.6 is 0 Å². The molecule has 1 amide bonds. The number of carbonyl (C=O) groups is 1. The van der Waals surface area contributed by atoms with E-state index in [1.165, 1.54) is 0 Å². The van der Waals surface area contributed by atoms with Crippen LogP contribution in [-0.2, 0) is 6.54 Å². The average Bonchev–Trinajstić information content (AvgIpc) is 2.97. The SMILES string of the molecule is CCCCN(C)C(=O)c1nc2ccccn2c1CN1CCCC(O)C1. The first kappa shape index (κ1) is 17.9. The van der Waals surface area contributed by atoms with Crippen molar-refractivity contribution in [3.05, 3.63) is 35.8 Å². The zero-order valence-corrected chi connectivity index (χ0v) is 15.2. The van der Waals surface area contributed by atoms with Crippen molar-refractivity contribution in [2.75, 3.05) is 26.7 Å². The van der Waals surface area contributed by atoms with Gasteiger partial charge in [0.1, 0.15) is 5.65 Å². The molecule has 0 bridgehead atoms. The highest BCUT2D eigenvalue weighted by Gasteiger charge is 2.25. The van der Waals surface area contributed by atoms with Crippen molar-refractivity contribution in [2.24, 2.45) is 0 Å². The highest BCUT2D eigenvalue weighted by atomic mass is 16.3. The van der Waals surface area contributed by atoms with Crippen LogP contribution in [0.3, 0.4) is 0 Å². The van der Waals surface area contributed by atoms with E-state index in [1.807, 2.05) is 35.8 Å². The molecule has 1 N–H and O–H groups in total. The molecule has 1 aliphatic rings. The standard InChI is InChI=1S/C19H28N4O2/c1-3-4-10-21(2)19(25)18-16(14-22-11-7-8-15(24)13-22)23-12-6-5-9-17(23)20-18/h5-6,9,12,15,24H,3-4,7-8,10-11,13-14H2,1-2H3. The summed E-state index contributed by atoms with van der Waals surface area (Å²) in [7, 11) is 1.84. The monoisotopic (exact) mass is 344 g/mol. The number of amides is 1. The van der Waals surface area contributed by atoms with Crippen molar-refractivity contribution in [1.29, 1.82) is 0 Å². The molecule has 0 aromatic carbocycles. The van der Waals surface area contributed by atoms with Gasteiger partial charge in [-0.15, -0.1) is 0 Å². The molecular weight excluding hydrogens is 316 g/mol. The molecule has 136 valence electrons. The Morgan fingerprint density at radius 2 is 2.28 bits per heavy atom. The minimum atomic E-state index is -0.278. The average molecular weight is 344 g/mol. The number of piperidine rings is 1. The van der Waals surface area contributed by atoms with Gasteiger partial charge in [-0.1, -0.05) is 19.4 Å². The van der Waals surface area contributed by atoms with Gasteiger partial charge in [0.25, 0.3) is 5.91 Å².